The molecule has 0 amide bonds. The Morgan fingerprint density at radius 1 is 1.25 bits per heavy atom. The van der Waals surface area contributed by atoms with E-state index in [0.29, 0.717) is 0 Å². The van der Waals surface area contributed by atoms with Gasteiger partial charge in [-0.15, -0.1) is 8.96 Å². The van der Waals surface area contributed by atoms with E-state index in [9.17, 15) is 21.6 Å². The van der Waals surface area contributed by atoms with Gasteiger partial charge >= 0.3 is 24.8 Å². The number of nitrogens with zero attached hydrogens (tertiary/aromatic N) is 3. The maximum atomic E-state index is 13.8. The summed E-state index contributed by atoms with van der Waals surface area (Å²) < 4.78 is 70.4. The summed E-state index contributed by atoms with van der Waals surface area (Å²) in [7, 11) is -14.8. The van der Waals surface area contributed by atoms with E-state index in [4.69, 9.17) is 4.21 Å². The van der Waals surface area contributed by atoms with Crippen LogP contribution in [0, 0.1) is 0 Å². The minimum Gasteiger partial charge on any atom is -0.349 e. The van der Waals surface area contributed by atoms with Gasteiger partial charge in [0.05, 0.1) is 0 Å². The van der Waals surface area contributed by atoms with Crippen LogP contribution in [0.4, 0.5) is 21.6 Å². The van der Waals surface area contributed by atoms with Crippen LogP contribution in [0.1, 0.15) is 0 Å². The van der Waals surface area contributed by atoms with E-state index in [2.05, 4.69) is 4.52 Å². The third-order valence-corrected chi connectivity index (χ3v) is 8.99. The molecule has 1 aliphatic heterocycles. The van der Waals surface area contributed by atoms with E-state index >= 15 is 0 Å². The molecule has 0 saturated carbocycles. The van der Waals surface area contributed by atoms with Crippen molar-refractivity contribution >= 4 is 33.1 Å². The van der Waals surface area contributed by atoms with Crippen LogP contribution in [0.2, 0.25) is 19.6 Å². The zero-order chi connectivity index (χ0) is 12.7. The Bertz CT molecular complexity index is 328. The summed E-state index contributed by atoms with van der Waals surface area (Å²) in [5, 5.41) is 0. The topological polar surface area (TPSA) is 28.1 Å². The molecule has 1 rings (SSSR count). The highest BCUT2D eigenvalue weighted by molar-refractivity contribution is 7.78. The molecule has 0 aromatic rings. The summed E-state index contributed by atoms with van der Waals surface area (Å²) in [4.78, 5) is 0. The molecule has 4 nitrogen and oxygen atoms in total. The molecular formula is C3H9F5N3OP3Si. The monoisotopic (exact) mass is 319 g/mol. The lowest BCUT2D eigenvalue weighted by molar-refractivity contribution is 0.176. The normalized spacial score (nSPS) is 38.5. The van der Waals surface area contributed by atoms with Crippen LogP contribution < -0.4 is 0 Å². The highest BCUT2D eigenvalue weighted by Gasteiger charge is 2.52. The maximum Gasteiger partial charge on any atom is 0.361 e. The van der Waals surface area contributed by atoms with Crippen molar-refractivity contribution < 1.29 is 25.8 Å². The minimum absolute atomic E-state index is 1.05. The molecule has 0 radical (unpaired) electrons. The third-order valence-electron chi connectivity index (χ3n) is 1.19. The van der Waals surface area contributed by atoms with E-state index in [1.165, 1.54) is 19.6 Å². The van der Waals surface area contributed by atoms with Crippen molar-refractivity contribution in [2.75, 3.05) is 0 Å². The molecule has 0 aliphatic carbocycles. The summed E-state index contributed by atoms with van der Waals surface area (Å²) in [6, 6.07) is 0. The van der Waals surface area contributed by atoms with Crippen molar-refractivity contribution in [2.45, 2.75) is 19.6 Å². The molecular weight excluding hydrogens is 310 g/mol. The summed E-state index contributed by atoms with van der Waals surface area (Å²) in [5.41, 5.74) is 0. The van der Waals surface area contributed by atoms with Gasteiger partial charge in [0.15, 0.2) is 8.32 Å². The largest absolute Gasteiger partial charge is 0.361 e. The number of rotatable bonds is 2. The van der Waals surface area contributed by atoms with Gasteiger partial charge in [-0.1, -0.05) is 0 Å². The van der Waals surface area contributed by atoms with Crippen molar-refractivity contribution in [1.82, 2.24) is 9.33 Å². The number of hydrogen-bond acceptors (Lipinski definition) is 4. The number of hydrogen-bond donors (Lipinski definition) is 0. The second-order valence-electron chi connectivity index (χ2n) is 3.73. The van der Waals surface area contributed by atoms with Crippen LogP contribution >= 0.6 is 24.8 Å². The van der Waals surface area contributed by atoms with Gasteiger partial charge in [-0.25, -0.2) is 0 Å². The average Bonchev–Trinajstić information content (AvgIpc) is 2.09. The standard InChI is InChI=1S/C3H9F5N3OP3Si/c1-16(2,3)12-15(8)9-13(6)10(4)14(7)11(15)5/h1-3H3. The first kappa shape index (κ1) is 14.9. The summed E-state index contributed by atoms with van der Waals surface area (Å²) in [5.74, 6) is 0. The molecule has 0 bridgehead atoms. The van der Waals surface area contributed by atoms with Gasteiger partial charge in [0.1, 0.15) is 0 Å². The van der Waals surface area contributed by atoms with Gasteiger partial charge in [-0.05, 0) is 24.3 Å². The maximum absolute atomic E-state index is 13.8. The Labute approximate surface area is 93.0 Å². The molecule has 1 aliphatic rings. The Hall–Kier alpha value is 0.837. The van der Waals surface area contributed by atoms with E-state index in [0.717, 1.165) is 0 Å². The fraction of sp³-hybridized carbons (Fsp3) is 1.00. The van der Waals surface area contributed by atoms with Crippen molar-refractivity contribution in [3.05, 3.63) is 0 Å². The molecule has 13 heteroatoms. The van der Waals surface area contributed by atoms with Crippen LogP contribution in [0.5, 0.6) is 0 Å². The molecule has 1 heterocycles. The van der Waals surface area contributed by atoms with Gasteiger partial charge in [-0.3, -0.25) is 0 Å². The fourth-order valence-electron chi connectivity index (χ4n) is 0.770. The molecule has 3 atom stereocenters. The third kappa shape index (κ3) is 3.19. The van der Waals surface area contributed by atoms with Crippen LogP contribution in [0.15, 0.2) is 4.52 Å². The van der Waals surface area contributed by atoms with E-state index in [-0.39, 0.29) is 0 Å². The zero-order valence-electron chi connectivity index (χ0n) is 8.48. The van der Waals surface area contributed by atoms with Crippen molar-refractivity contribution in [1.29, 1.82) is 0 Å². The highest BCUT2D eigenvalue weighted by atomic mass is 31.3. The second-order valence-corrected chi connectivity index (χ2v) is 13.3. The lowest BCUT2D eigenvalue weighted by Gasteiger charge is -2.33. The Morgan fingerprint density at radius 2 is 1.75 bits per heavy atom. The SMILES string of the molecule is C[Si](C)(C)OP1(F)=NP(F)N(F)P(F)N1F. The molecule has 96 valence electrons. The van der Waals surface area contributed by atoms with E-state index < -0.39 is 42.5 Å². The van der Waals surface area contributed by atoms with E-state index in [1.54, 1.807) is 0 Å². The molecule has 16 heavy (non-hydrogen) atoms. The Morgan fingerprint density at radius 3 is 2.19 bits per heavy atom. The van der Waals surface area contributed by atoms with Crippen molar-refractivity contribution in [2.24, 2.45) is 4.52 Å². The van der Waals surface area contributed by atoms with Gasteiger partial charge in [0, 0.05) is 4.66 Å². The summed E-state index contributed by atoms with van der Waals surface area (Å²) in [6.07, 6.45) is 0. The fourth-order valence-corrected chi connectivity index (χ4v) is 8.48. The van der Waals surface area contributed by atoms with E-state index in [1.807, 2.05) is 0 Å². The van der Waals surface area contributed by atoms with Crippen molar-refractivity contribution in [3.63, 3.8) is 0 Å². The Balaban J connectivity index is 3.06. The molecule has 0 aromatic carbocycles. The average molecular weight is 319 g/mol. The van der Waals surface area contributed by atoms with Gasteiger partial charge < -0.3 is 4.21 Å². The first-order chi connectivity index (χ1) is 7.07. The first-order valence-corrected chi connectivity index (χ1v) is 11.1. The van der Waals surface area contributed by atoms with Crippen LogP contribution in [-0.4, -0.2) is 17.6 Å². The smallest absolute Gasteiger partial charge is 0.349 e. The van der Waals surface area contributed by atoms with Crippen LogP contribution in [0.3, 0.4) is 0 Å². The van der Waals surface area contributed by atoms with Gasteiger partial charge in [0.2, 0.25) is 0 Å². The molecule has 0 N–H and O–H groups in total. The number of halogens is 5. The summed E-state index contributed by atoms with van der Waals surface area (Å²) in [6.45, 7) is 4.50. The highest BCUT2D eigenvalue weighted by Crippen LogP contribution is 2.80. The zero-order valence-corrected chi connectivity index (χ0v) is 12.2. The molecule has 3 unspecified atom stereocenters. The second kappa shape index (κ2) is 4.84. The quantitative estimate of drug-likeness (QED) is 0.290. The minimum atomic E-state index is -4.85. The van der Waals surface area contributed by atoms with Crippen LogP contribution in [0.25, 0.3) is 0 Å². The predicted octanol–water partition coefficient (Wildman–Crippen LogP) is 5.53. The lowest BCUT2D eigenvalue weighted by Crippen LogP contribution is -2.26. The molecule has 0 aromatic heterocycles. The molecule has 0 fully saturated rings. The van der Waals surface area contributed by atoms with Crippen molar-refractivity contribution in [3.8, 4) is 0 Å². The lowest BCUT2D eigenvalue weighted by atomic mass is 11.8. The van der Waals surface area contributed by atoms with Gasteiger partial charge in [-0.2, -0.15) is 17.1 Å². The molecule has 0 spiro atoms. The van der Waals surface area contributed by atoms with Crippen LogP contribution in [-0.2, 0) is 4.21 Å². The Kier molecular flexibility index (Phi) is 4.51. The summed E-state index contributed by atoms with van der Waals surface area (Å²) >= 11 is 0. The predicted molar refractivity (Wildman–Crippen MR) is 56.8 cm³/mol. The molecule has 0 saturated heterocycles. The van der Waals surface area contributed by atoms with Gasteiger partial charge in [0.25, 0.3) is 0 Å². The first-order valence-electron chi connectivity index (χ1n) is 3.93.